The van der Waals surface area contributed by atoms with E-state index in [1.54, 1.807) is 17.7 Å². The maximum absolute atomic E-state index is 11.9. The van der Waals surface area contributed by atoms with E-state index >= 15 is 0 Å². The van der Waals surface area contributed by atoms with Crippen LogP contribution < -0.4 is 5.56 Å². The van der Waals surface area contributed by atoms with E-state index in [1.807, 2.05) is 13.8 Å². The van der Waals surface area contributed by atoms with Gasteiger partial charge in [-0.3, -0.25) is 4.79 Å². The number of pyridine rings is 1. The normalized spacial score (nSPS) is 14.2. The van der Waals surface area contributed by atoms with Crippen molar-refractivity contribution in [1.29, 1.82) is 0 Å². The van der Waals surface area contributed by atoms with Crippen molar-refractivity contribution in [3.8, 4) is 0 Å². The highest BCUT2D eigenvalue weighted by Crippen LogP contribution is 2.26. The predicted octanol–water partition coefficient (Wildman–Crippen LogP) is 1.42. The lowest BCUT2D eigenvalue weighted by atomic mass is 9.91. The van der Waals surface area contributed by atoms with E-state index in [2.05, 4.69) is 0 Å². The van der Waals surface area contributed by atoms with Gasteiger partial charge in [0.25, 0.3) is 5.56 Å². The molecule has 4 heteroatoms. The predicted molar refractivity (Wildman–Crippen MR) is 65.1 cm³/mol. The van der Waals surface area contributed by atoms with Crippen molar-refractivity contribution >= 4 is 12.0 Å². The zero-order valence-electron chi connectivity index (χ0n) is 10.2. The summed E-state index contributed by atoms with van der Waals surface area (Å²) in [6.07, 6.45) is 2.84. The Hall–Kier alpha value is -1.84. The smallest absolute Gasteiger partial charge is 0.331 e. The van der Waals surface area contributed by atoms with E-state index in [4.69, 9.17) is 5.11 Å². The number of rotatable bonds is 1. The van der Waals surface area contributed by atoms with Crippen molar-refractivity contribution in [2.24, 2.45) is 7.05 Å². The van der Waals surface area contributed by atoms with Crippen LogP contribution in [0.2, 0.25) is 0 Å². The average Bonchev–Trinajstić information content (AvgIpc) is 2.32. The topological polar surface area (TPSA) is 59.3 Å². The van der Waals surface area contributed by atoms with E-state index in [0.29, 0.717) is 18.4 Å². The van der Waals surface area contributed by atoms with Gasteiger partial charge in [0, 0.05) is 23.9 Å². The summed E-state index contributed by atoms with van der Waals surface area (Å²) in [7, 11) is 1.69. The molecular formula is C13H15NO3. The van der Waals surface area contributed by atoms with Crippen LogP contribution in [0.5, 0.6) is 0 Å². The second-order valence-electron chi connectivity index (χ2n) is 4.45. The van der Waals surface area contributed by atoms with Crippen LogP contribution in [0.4, 0.5) is 0 Å². The van der Waals surface area contributed by atoms with Gasteiger partial charge in [0.2, 0.25) is 0 Å². The molecule has 0 fully saturated rings. The summed E-state index contributed by atoms with van der Waals surface area (Å²) < 4.78 is 1.54. The second-order valence-corrected chi connectivity index (χ2v) is 4.45. The van der Waals surface area contributed by atoms with E-state index < -0.39 is 5.97 Å². The fourth-order valence-corrected chi connectivity index (χ4v) is 2.31. The largest absolute Gasteiger partial charge is 0.478 e. The number of hydrogen-bond acceptors (Lipinski definition) is 2. The number of carboxylic acids is 1. The standard InChI is InChI=1S/C13H15NO3/c1-7-8(2)12(15)14(3)11-6-9(13(16)17)4-5-10(7)11/h6H,4-5H2,1-3H3,(H,16,17). The maximum Gasteiger partial charge on any atom is 0.331 e. The Morgan fingerprint density at radius 2 is 1.94 bits per heavy atom. The Bertz CT molecular complexity index is 594. The van der Waals surface area contributed by atoms with Crippen LogP contribution in [0, 0.1) is 13.8 Å². The molecule has 0 unspecified atom stereocenters. The van der Waals surface area contributed by atoms with Crippen LogP contribution in [-0.2, 0) is 18.3 Å². The fourth-order valence-electron chi connectivity index (χ4n) is 2.31. The second kappa shape index (κ2) is 3.87. The quantitative estimate of drug-likeness (QED) is 0.798. The molecule has 1 aromatic heterocycles. The lowest BCUT2D eigenvalue weighted by Crippen LogP contribution is -2.26. The fraction of sp³-hybridized carbons (Fsp3) is 0.385. The lowest BCUT2D eigenvalue weighted by molar-refractivity contribution is -0.132. The highest BCUT2D eigenvalue weighted by atomic mass is 16.4. The monoisotopic (exact) mass is 233 g/mol. The van der Waals surface area contributed by atoms with Gasteiger partial charge >= 0.3 is 5.97 Å². The molecule has 0 aromatic carbocycles. The molecule has 0 radical (unpaired) electrons. The summed E-state index contributed by atoms with van der Waals surface area (Å²) in [6.45, 7) is 3.74. The van der Waals surface area contributed by atoms with E-state index in [1.165, 1.54) is 0 Å². The molecule has 0 saturated heterocycles. The first-order valence-corrected chi connectivity index (χ1v) is 5.56. The SMILES string of the molecule is Cc1c2c(n(C)c(=O)c1C)C=C(C(=O)O)CC2. The summed E-state index contributed by atoms with van der Waals surface area (Å²) in [5.74, 6) is -0.902. The number of hydrogen-bond donors (Lipinski definition) is 1. The summed E-state index contributed by atoms with van der Waals surface area (Å²) >= 11 is 0. The van der Waals surface area contributed by atoms with Crippen molar-refractivity contribution in [3.05, 3.63) is 38.3 Å². The molecule has 2 rings (SSSR count). The minimum absolute atomic E-state index is 0.0517. The molecule has 1 aliphatic carbocycles. The van der Waals surface area contributed by atoms with Crippen molar-refractivity contribution in [1.82, 2.24) is 4.57 Å². The third kappa shape index (κ3) is 1.69. The molecule has 90 valence electrons. The van der Waals surface area contributed by atoms with Crippen LogP contribution in [0.3, 0.4) is 0 Å². The number of fused-ring (bicyclic) bond motifs is 1. The van der Waals surface area contributed by atoms with Gasteiger partial charge in [0.1, 0.15) is 0 Å². The van der Waals surface area contributed by atoms with Gasteiger partial charge < -0.3 is 9.67 Å². The van der Waals surface area contributed by atoms with Gasteiger partial charge in [-0.2, -0.15) is 0 Å². The molecule has 0 spiro atoms. The van der Waals surface area contributed by atoms with E-state index in [0.717, 1.165) is 22.4 Å². The Labute approximate surface area is 99.2 Å². The molecule has 1 heterocycles. The zero-order valence-corrected chi connectivity index (χ0v) is 10.2. The summed E-state index contributed by atoms with van der Waals surface area (Å²) in [5, 5.41) is 8.99. The van der Waals surface area contributed by atoms with Crippen molar-refractivity contribution in [3.63, 3.8) is 0 Å². The Morgan fingerprint density at radius 3 is 2.53 bits per heavy atom. The van der Waals surface area contributed by atoms with Crippen LogP contribution in [0.15, 0.2) is 10.4 Å². The molecule has 4 nitrogen and oxygen atoms in total. The number of aromatic nitrogens is 1. The first kappa shape index (κ1) is 11.6. The molecule has 1 aliphatic rings. The summed E-state index contributed by atoms with van der Waals surface area (Å²) in [6, 6.07) is 0. The highest BCUT2D eigenvalue weighted by molar-refractivity contribution is 5.93. The molecule has 1 aromatic rings. The zero-order chi connectivity index (χ0) is 12.7. The van der Waals surface area contributed by atoms with Gasteiger partial charge in [-0.25, -0.2) is 4.79 Å². The van der Waals surface area contributed by atoms with Gasteiger partial charge in [-0.15, -0.1) is 0 Å². The van der Waals surface area contributed by atoms with Crippen LogP contribution >= 0.6 is 0 Å². The third-order valence-corrected chi connectivity index (χ3v) is 3.54. The minimum Gasteiger partial charge on any atom is -0.478 e. The van der Waals surface area contributed by atoms with Gasteiger partial charge in [0.05, 0.1) is 0 Å². The first-order chi connectivity index (χ1) is 7.93. The van der Waals surface area contributed by atoms with Crippen LogP contribution in [0.1, 0.15) is 28.8 Å². The van der Waals surface area contributed by atoms with Crippen molar-refractivity contribution in [2.75, 3.05) is 0 Å². The highest BCUT2D eigenvalue weighted by Gasteiger charge is 2.20. The van der Waals surface area contributed by atoms with E-state index in [-0.39, 0.29) is 5.56 Å². The van der Waals surface area contributed by atoms with Crippen molar-refractivity contribution < 1.29 is 9.90 Å². The van der Waals surface area contributed by atoms with E-state index in [9.17, 15) is 9.59 Å². The number of nitrogens with zero attached hydrogens (tertiary/aromatic N) is 1. The molecule has 0 aliphatic heterocycles. The van der Waals surface area contributed by atoms with Gasteiger partial charge in [-0.1, -0.05) is 0 Å². The van der Waals surface area contributed by atoms with Crippen molar-refractivity contribution in [2.45, 2.75) is 26.7 Å². The molecule has 0 amide bonds. The Kier molecular flexibility index (Phi) is 2.65. The molecular weight excluding hydrogens is 218 g/mol. The Balaban J connectivity index is 2.76. The number of carboxylic acid groups (broad SMARTS) is 1. The summed E-state index contributed by atoms with van der Waals surface area (Å²) in [4.78, 5) is 22.9. The first-order valence-electron chi connectivity index (χ1n) is 5.56. The van der Waals surface area contributed by atoms with Crippen LogP contribution in [-0.4, -0.2) is 15.6 Å². The third-order valence-electron chi connectivity index (χ3n) is 3.54. The molecule has 17 heavy (non-hydrogen) atoms. The maximum atomic E-state index is 11.9. The number of aliphatic carboxylic acids is 1. The Morgan fingerprint density at radius 1 is 1.29 bits per heavy atom. The lowest BCUT2D eigenvalue weighted by Gasteiger charge is -2.20. The molecule has 0 saturated carbocycles. The molecule has 0 atom stereocenters. The molecule has 0 bridgehead atoms. The number of carbonyl (C=O) groups is 1. The minimum atomic E-state index is -0.902. The van der Waals surface area contributed by atoms with Crippen LogP contribution in [0.25, 0.3) is 6.08 Å². The van der Waals surface area contributed by atoms with Gasteiger partial charge in [0.15, 0.2) is 0 Å². The summed E-state index contributed by atoms with van der Waals surface area (Å²) in [5.41, 5.74) is 3.89. The molecule has 1 N–H and O–H groups in total. The average molecular weight is 233 g/mol. The van der Waals surface area contributed by atoms with Gasteiger partial charge in [-0.05, 0) is 43.9 Å².